The summed E-state index contributed by atoms with van der Waals surface area (Å²) in [6.45, 7) is 0. The zero-order valence-electron chi connectivity index (χ0n) is 13.6. The summed E-state index contributed by atoms with van der Waals surface area (Å²) >= 11 is 5.16. The first kappa shape index (κ1) is 17.0. The zero-order chi connectivity index (χ0) is 17.3. The second kappa shape index (κ2) is 7.06. The molecule has 0 radical (unpaired) electrons. The van der Waals surface area contributed by atoms with Crippen molar-refractivity contribution in [2.24, 2.45) is 0 Å². The molecule has 1 heterocycles. The van der Waals surface area contributed by atoms with Crippen molar-refractivity contribution in [3.8, 4) is 0 Å². The largest absolute Gasteiger partial charge is 0.327 e. The van der Waals surface area contributed by atoms with Crippen molar-refractivity contribution in [1.82, 2.24) is 4.98 Å². The van der Waals surface area contributed by atoms with Crippen molar-refractivity contribution in [3.63, 3.8) is 0 Å². The molecule has 0 saturated carbocycles. The van der Waals surface area contributed by atoms with Gasteiger partial charge in [-0.1, -0.05) is 30.3 Å². The minimum absolute atomic E-state index is 0.710. The van der Waals surface area contributed by atoms with Crippen molar-refractivity contribution in [2.45, 2.75) is 25.7 Å². The van der Waals surface area contributed by atoms with E-state index in [0.717, 1.165) is 34.0 Å². The van der Waals surface area contributed by atoms with Crippen LogP contribution in [0.15, 0.2) is 59.1 Å². The summed E-state index contributed by atoms with van der Waals surface area (Å²) in [6, 6.07) is 17.4. The van der Waals surface area contributed by atoms with E-state index in [1.54, 1.807) is 11.3 Å². The molecule has 1 aliphatic carbocycles. The van der Waals surface area contributed by atoms with E-state index in [1.165, 1.54) is 17.7 Å². The van der Waals surface area contributed by atoms with Gasteiger partial charge in [0.1, 0.15) is 0 Å². The number of rotatable bonds is 4. The molecule has 1 unspecified atom stereocenters. The Morgan fingerprint density at radius 3 is 2.48 bits per heavy atom. The average molecular weight is 433 g/mol. The minimum Gasteiger partial charge on any atom is -0.327 e. The van der Waals surface area contributed by atoms with Gasteiger partial charge in [0.05, 0.1) is 11.4 Å². The molecule has 128 valence electrons. The van der Waals surface area contributed by atoms with E-state index < -0.39 is 7.29 Å². The number of halogens is 1. The Bertz CT molecular complexity index is 918. The molecule has 0 fully saturated rings. The highest BCUT2D eigenvalue weighted by molar-refractivity contribution is 9.10. The number of aromatic nitrogens is 1. The molecule has 6 heteroatoms. The van der Waals surface area contributed by atoms with E-state index in [9.17, 15) is 4.57 Å². The van der Waals surface area contributed by atoms with Crippen molar-refractivity contribution < 1.29 is 4.57 Å². The van der Waals surface area contributed by atoms with Gasteiger partial charge in [0.15, 0.2) is 4.75 Å². The van der Waals surface area contributed by atoms with E-state index in [1.807, 2.05) is 54.6 Å². The van der Waals surface area contributed by atoms with Crippen LogP contribution in [0.3, 0.4) is 0 Å². The normalized spacial score (nSPS) is 16.0. The quantitative estimate of drug-likeness (QED) is 0.581. The van der Waals surface area contributed by atoms with Gasteiger partial charge in [0.25, 0.3) is 7.29 Å². The van der Waals surface area contributed by atoms with Crippen LogP contribution in [0, 0.1) is 0 Å². The van der Waals surface area contributed by atoms with Crippen LogP contribution in [-0.4, -0.2) is 4.98 Å². The molecule has 0 saturated heterocycles. The maximum Gasteiger partial charge on any atom is 0.254 e. The highest BCUT2D eigenvalue weighted by Gasteiger charge is 2.33. The fourth-order valence-electron chi connectivity index (χ4n) is 3.06. The van der Waals surface area contributed by atoms with Gasteiger partial charge in [-0.05, 0) is 65.9 Å². The molecule has 3 aromatic rings. The number of benzene rings is 2. The van der Waals surface area contributed by atoms with E-state index >= 15 is 0 Å². The van der Waals surface area contributed by atoms with Gasteiger partial charge in [0, 0.05) is 14.7 Å². The lowest BCUT2D eigenvalue weighted by Gasteiger charge is -2.19. The van der Waals surface area contributed by atoms with Crippen LogP contribution in [0.5, 0.6) is 0 Å². The Morgan fingerprint density at radius 2 is 1.72 bits per heavy atom. The predicted octanol–water partition coefficient (Wildman–Crippen LogP) is 5.13. The first-order valence-electron chi connectivity index (χ1n) is 8.34. The highest BCUT2D eigenvalue weighted by atomic mass is 79.9. The molecule has 3 nitrogen and oxygen atoms in total. The Labute approximate surface area is 160 Å². The summed E-state index contributed by atoms with van der Waals surface area (Å²) < 4.78 is 15.8. The minimum atomic E-state index is -3.05. The first-order chi connectivity index (χ1) is 12.2. The van der Waals surface area contributed by atoms with Crippen LogP contribution in [0.1, 0.15) is 23.4 Å². The summed E-state index contributed by atoms with van der Waals surface area (Å²) in [4.78, 5) is 6.10. The molecule has 0 amide bonds. The van der Waals surface area contributed by atoms with Crippen LogP contribution in [0.4, 0.5) is 5.69 Å². The van der Waals surface area contributed by atoms with E-state index in [2.05, 4.69) is 21.0 Å². The smallest absolute Gasteiger partial charge is 0.254 e. The molecule has 1 N–H and O–H groups in total. The summed E-state index contributed by atoms with van der Waals surface area (Å²) in [6.07, 6.45) is 4.41. The number of hydrogen-bond acceptors (Lipinski definition) is 3. The maximum absolute atomic E-state index is 14.2. The van der Waals surface area contributed by atoms with Gasteiger partial charge in [0.2, 0.25) is 0 Å². The SMILES string of the molecule is O=P(Nc1ccccc1Br)(c1ccccc1)c1nc2c(s1)CCCC2. The third kappa shape index (κ3) is 3.33. The number of aryl methyl sites for hydroxylation is 2. The Kier molecular flexibility index (Phi) is 4.81. The number of hydrogen-bond donors (Lipinski definition) is 1. The molecule has 1 atom stereocenters. The van der Waals surface area contributed by atoms with E-state index in [4.69, 9.17) is 4.98 Å². The standard InChI is InChI=1S/C19H18BrN2OPS/c20-15-10-4-5-11-16(15)22-24(23,14-8-2-1-3-9-14)19-21-17-12-6-7-13-18(17)25-19/h1-5,8-11H,6-7,12-13H2,(H,22,23). The lowest BCUT2D eigenvalue weighted by Crippen LogP contribution is -2.22. The van der Waals surface area contributed by atoms with Crippen LogP contribution >= 0.6 is 34.6 Å². The third-order valence-corrected chi connectivity index (χ3v) is 9.29. The molecular weight excluding hydrogens is 415 g/mol. The first-order valence-corrected chi connectivity index (χ1v) is 11.7. The molecule has 0 spiro atoms. The number of nitrogens with one attached hydrogen (secondary N) is 1. The van der Waals surface area contributed by atoms with Gasteiger partial charge in [-0.25, -0.2) is 4.98 Å². The van der Waals surface area contributed by atoms with Crippen molar-refractivity contribution in [3.05, 3.63) is 69.6 Å². The summed E-state index contributed by atoms with van der Waals surface area (Å²) in [7, 11) is -3.05. The monoisotopic (exact) mass is 432 g/mol. The number of fused-ring (bicyclic) bond motifs is 1. The lowest BCUT2D eigenvalue weighted by molar-refractivity contribution is 0.590. The summed E-state index contributed by atoms with van der Waals surface area (Å²) in [5.41, 5.74) is 1.96. The van der Waals surface area contributed by atoms with Crippen LogP contribution in [0.2, 0.25) is 0 Å². The number of para-hydroxylation sites is 1. The van der Waals surface area contributed by atoms with Crippen molar-refractivity contribution in [1.29, 1.82) is 0 Å². The summed E-state index contributed by atoms with van der Waals surface area (Å²) in [5.74, 6) is 0. The fourth-order valence-corrected chi connectivity index (χ4v) is 7.61. The molecule has 25 heavy (non-hydrogen) atoms. The zero-order valence-corrected chi connectivity index (χ0v) is 16.9. The topological polar surface area (TPSA) is 42.0 Å². The second-order valence-corrected chi connectivity index (χ2v) is 10.7. The van der Waals surface area contributed by atoms with Gasteiger partial charge in [-0.15, -0.1) is 11.3 Å². The van der Waals surface area contributed by atoms with Gasteiger partial charge < -0.3 is 5.09 Å². The lowest BCUT2D eigenvalue weighted by atomic mass is 10.0. The molecule has 0 aliphatic heterocycles. The number of nitrogens with zero attached hydrogens (tertiary/aromatic N) is 1. The number of anilines is 1. The molecule has 1 aliphatic rings. The van der Waals surface area contributed by atoms with E-state index in [0.29, 0.717) is 4.75 Å². The average Bonchev–Trinajstić information content (AvgIpc) is 3.09. The molecule has 1 aromatic heterocycles. The van der Waals surface area contributed by atoms with Crippen molar-refractivity contribution in [2.75, 3.05) is 5.09 Å². The molecular formula is C19H18BrN2OPS. The predicted molar refractivity (Wildman–Crippen MR) is 110 cm³/mol. The highest BCUT2D eigenvalue weighted by Crippen LogP contribution is 2.46. The molecule has 2 aromatic carbocycles. The van der Waals surface area contributed by atoms with Crippen molar-refractivity contribution >= 4 is 50.3 Å². The summed E-state index contributed by atoms with van der Waals surface area (Å²) in [5, 5.41) is 4.11. The van der Waals surface area contributed by atoms with Crippen LogP contribution in [-0.2, 0) is 17.4 Å². The second-order valence-electron chi connectivity index (χ2n) is 6.11. The van der Waals surface area contributed by atoms with E-state index in [-0.39, 0.29) is 0 Å². The fraction of sp³-hybridized carbons (Fsp3) is 0.211. The third-order valence-electron chi connectivity index (χ3n) is 4.38. The van der Waals surface area contributed by atoms with Gasteiger partial charge in [-0.3, -0.25) is 4.57 Å². The number of thiazole rings is 1. The Morgan fingerprint density at radius 1 is 1.00 bits per heavy atom. The molecule has 0 bridgehead atoms. The Balaban J connectivity index is 1.83. The van der Waals surface area contributed by atoms with Crippen LogP contribution < -0.4 is 15.1 Å². The molecule has 4 rings (SSSR count). The Hall–Kier alpha value is -1.42. The maximum atomic E-state index is 14.2. The van der Waals surface area contributed by atoms with Gasteiger partial charge >= 0.3 is 0 Å². The van der Waals surface area contributed by atoms with Crippen LogP contribution in [0.25, 0.3) is 0 Å². The van der Waals surface area contributed by atoms with Gasteiger partial charge in [-0.2, -0.15) is 0 Å².